The first-order valence-electron chi connectivity index (χ1n) is 10.7. The molecular formula is C23H36IN5O. The van der Waals surface area contributed by atoms with Crippen LogP contribution in [0.5, 0.6) is 0 Å². The molecule has 2 aromatic rings. The highest BCUT2D eigenvalue weighted by atomic mass is 127. The smallest absolute Gasteiger partial charge is 0.191 e. The van der Waals surface area contributed by atoms with Crippen LogP contribution in [0.1, 0.15) is 48.7 Å². The van der Waals surface area contributed by atoms with E-state index in [1.54, 1.807) is 7.11 Å². The molecule has 1 fully saturated rings. The van der Waals surface area contributed by atoms with Crippen LogP contribution in [0.4, 0.5) is 0 Å². The van der Waals surface area contributed by atoms with Crippen LogP contribution >= 0.6 is 24.0 Å². The molecule has 1 aliphatic carbocycles. The van der Waals surface area contributed by atoms with Gasteiger partial charge in [-0.15, -0.1) is 24.0 Å². The lowest BCUT2D eigenvalue weighted by molar-refractivity contribution is 0.182. The summed E-state index contributed by atoms with van der Waals surface area (Å²) in [6.45, 7) is 10.1. The van der Waals surface area contributed by atoms with E-state index in [0.29, 0.717) is 13.2 Å². The van der Waals surface area contributed by atoms with Crippen molar-refractivity contribution in [2.24, 2.45) is 4.99 Å². The first-order chi connectivity index (χ1) is 14.1. The molecule has 30 heavy (non-hydrogen) atoms. The predicted octanol–water partition coefficient (Wildman–Crippen LogP) is 3.94. The summed E-state index contributed by atoms with van der Waals surface area (Å²) in [4.78, 5) is 4.86. The highest BCUT2D eigenvalue weighted by molar-refractivity contribution is 14.0. The minimum Gasteiger partial charge on any atom is -0.383 e. The van der Waals surface area contributed by atoms with Gasteiger partial charge in [0.05, 0.1) is 25.4 Å². The summed E-state index contributed by atoms with van der Waals surface area (Å²) >= 11 is 0. The van der Waals surface area contributed by atoms with Crippen LogP contribution in [0.25, 0.3) is 0 Å². The van der Waals surface area contributed by atoms with E-state index in [-0.39, 0.29) is 29.4 Å². The number of guanidine groups is 1. The molecule has 1 heterocycles. The Morgan fingerprint density at radius 3 is 2.53 bits per heavy atom. The van der Waals surface area contributed by atoms with E-state index in [0.717, 1.165) is 31.3 Å². The number of nitrogens with zero attached hydrogens (tertiary/aromatic N) is 3. The fraction of sp³-hybridized carbons (Fsp3) is 0.565. The molecule has 2 N–H and O–H groups in total. The molecule has 0 radical (unpaired) electrons. The van der Waals surface area contributed by atoms with Crippen LogP contribution in [0.3, 0.4) is 0 Å². The lowest BCUT2D eigenvalue weighted by atomic mass is 9.64. The van der Waals surface area contributed by atoms with Gasteiger partial charge in [-0.2, -0.15) is 5.10 Å². The number of aromatic nitrogens is 2. The van der Waals surface area contributed by atoms with E-state index in [1.807, 2.05) is 4.68 Å². The van der Waals surface area contributed by atoms with E-state index >= 15 is 0 Å². The molecule has 0 spiro atoms. The zero-order valence-electron chi connectivity index (χ0n) is 18.7. The normalized spacial score (nSPS) is 15.3. The molecule has 0 unspecified atom stereocenters. The van der Waals surface area contributed by atoms with Gasteiger partial charge in [0.1, 0.15) is 0 Å². The number of hydrogen-bond donors (Lipinski definition) is 2. The van der Waals surface area contributed by atoms with Crippen molar-refractivity contribution < 1.29 is 4.74 Å². The first kappa shape index (κ1) is 24.7. The summed E-state index contributed by atoms with van der Waals surface area (Å²) < 4.78 is 7.20. The summed E-state index contributed by atoms with van der Waals surface area (Å²) in [7, 11) is 1.72. The SMILES string of the molecule is CCNC(=NCc1c(C)nn(CCOC)c1C)NCC1(c2ccccc2)CCC1.I. The number of rotatable bonds is 9. The second-order valence-corrected chi connectivity index (χ2v) is 7.91. The van der Waals surface area contributed by atoms with Gasteiger partial charge in [0.25, 0.3) is 0 Å². The number of nitrogens with one attached hydrogen (secondary N) is 2. The Bertz CT molecular complexity index is 815. The third kappa shape index (κ3) is 5.75. The molecule has 0 bridgehead atoms. The quantitative estimate of drug-likeness (QED) is 0.296. The Labute approximate surface area is 197 Å². The number of halogens is 1. The molecule has 3 rings (SSSR count). The number of ether oxygens (including phenoxy) is 1. The molecule has 1 aliphatic rings. The molecule has 1 saturated carbocycles. The summed E-state index contributed by atoms with van der Waals surface area (Å²) in [5.41, 5.74) is 5.06. The average molecular weight is 525 g/mol. The monoisotopic (exact) mass is 525 g/mol. The first-order valence-corrected chi connectivity index (χ1v) is 10.7. The van der Waals surface area contributed by atoms with E-state index in [4.69, 9.17) is 9.73 Å². The Kier molecular flexibility index (Phi) is 9.61. The predicted molar refractivity (Wildman–Crippen MR) is 134 cm³/mol. The second-order valence-electron chi connectivity index (χ2n) is 7.91. The van der Waals surface area contributed by atoms with Gasteiger partial charge in [-0.1, -0.05) is 36.8 Å². The van der Waals surface area contributed by atoms with Crippen molar-refractivity contribution in [2.45, 2.75) is 58.5 Å². The number of benzene rings is 1. The second kappa shape index (κ2) is 11.7. The Balaban J connectivity index is 0.00000320. The zero-order valence-corrected chi connectivity index (χ0v) is 21.0. The number of methoxy groups -OCH3 is 1. The van der Waals surface area contributed by atoms with Gasteiger partial charge in [-0.25, -0.2) is 4.99 Å². The van der Waals surface area contributed by atoms with Crippen molar-refractivity contribution in [3.05, 3.63) is 52.8 Å². The minimum atomic E-state index is 0. The Morgan fingerprint density at radius 1 is 1.20 bits per heavy atom. The minimum absolute atomic E-state index is 0. The third-order valence-corrected chi connectivity index (χ3v) is 6.07. The van der Waals surface area contributed by atoms with Gasteiger partial charge in [-0.3, -0.25) is 4.68 Å². The van der Waals surface area contributed by atoms with Crippen molar-refractivity contribution >= 4 is 29.9 Å². The van der Waals surface area contributed by atoms with Gasteiger partial charge >= 0.3 is 0 Å². The topological polar surface area (TPSA) is 63.5 Å². The number of aliphatic imine (C=N–C) groups is 1. The van der Waals surface area contributed by atoms with Crippen LogP contribution in [0.15, 0.2) is 35.3 Å². The lowest BCUT2D eigenvalue weighted by Crippen LogP contribution is -2.48. The van der Waals surface area contributed by atoms with E-state index in [2.05, 4.69) is 66.8 Å². The Hall–Kier alpha value is -1.61. The lowest BCUT2D eigenvalue weighted by Gasteiger charge is -2.43. The molecule has 1 aromatic carbocycles. The maximum absolute atomic E-state index is 5.19. The molecule has 166 valence electrons. The van der Waals surface area contributed by atoms with Crippen LogP contribution < -0.4 is 10.6 Å². The molecule has 0 atom stereocenters. The van der Waals surface area contributed by atoms with Crippen molar-refractivity contribution in [3.8, 4) is 0 Å². The van der Waals surface area contributed by atoms with Gasteiger partial charge in [0.15, 0.2) is 5.96 Å². The highest BCUT2D eigenvalue weighted by Crippen LogP contribution is 2.43. The molecule has 6 nitrogen and oxygen atoms in total. The Morgan fingerprint density at radius 2 is 1.93 bits per heavy atom. The van der Waals surface area contributed by atoms with E-state index in [9.17, 15) is 0 Å². The molecule has 0 saturated heterocycles. The van der Waals surface area contributed by atoms with Crippen molar-refractivity contribution in [1.82, 2.24) is 20.4 Å². The van der Waals surface area contributed by atoms with Crippen molar-refractivity contribution in [2.75, 3.05) is 26.8 Å². The van der Waals surface area contributed by atoms with Gasteiger partial charge < -0.3 is 15.4 Å². The van der Waals surface area contributed by atoms with Crippen molar-refractivity contribution in [1.29, 1.82) is 0 Å². The number of aryl methyl sites for hydroxylation is 1. The average Bonchev–Trinajstić information content (AvgIpc) is 2.97. The summed E-state index contributed by atoms with van der Waals surface area (Å²) in [5.74, 6) is 0.873. The third-order valence-electron chi connectivity index (χ3n) is 6.07. The molecular weight excluding hydrogens is 489 g/mol. The summed E-state index contributed by atoms with van der Waals surface area (Å²) in [5, 5.41) is 11.6. The largest absolute Gasteiger partial charge is 0.383 e. The molecule has 0 amide bonds. The summed E-state index contributed by atoms with van der Waals surface area (Å²) in [6.07, 6.45) is 3.76. The molecule has 0 aliphatic heterocycles. The standard InChI is InChI=1S/C23H35N5O.HI/c1-5-24-22(25-16-21-18(2)27-28(19(21)3)14-15-29-4)26-17-23(12-9-13-23)20-10-7-6-8-11-20;/h6-8,10-11H,5,9,12-17H2,1-4H3,(H2,24,25,26);1H. The van der Waals surface area contributed by atoms with Gasteiger partial charge in [0.2, 0.25) is 0 Å². The van der Waals surface area contributed by atoms with Gasteiger partial charge in [0, 0.05) is 36.9 Å². The van der Waals surface area contributed by atoms with Gasteiger partial charge in [-0.05, 0) is 39.2 Å². The van der Waals surface area contributed by atoms with E-state index < -0.39 is 0 Å². The summed E-state index contributed by atoms with van der Waals surface area (Å²) in [6, 6.07) is 10.9. The fourth-order valence-electron chi connectivity index (χ4n) is 4.07. The van der Waals surface area contributed by atoms with Crippen LogP contribution in [0.2, 0.25) is 0 Å². The van der Waals surface area contributed by atoms with E-state index in [1.165, 1.54) is 36.1 Å². The fourth-order valence-corrected chi connectivity index (χ4v) is 4.07. The molecule has 1 aromatic heterocycles. The molecule has 7 heteroatoms. The van der Waals surface area contributed by atoms with Crippen LogP contribution in [-0.4, -0.2) is 42.5 Å². The highest BCUT2D eigenvalue weighted by Gasteiger charge is 2.38. The van der Waals surface area contributed by atoms with Crippen molar-refractivity contribution in [3.63, 3.8) is 0 Å². The number of hydrogen-bond acceptors (Lipinski definition) is 3. The maximum atomic E-state index is 5.19. The van der Waals surface area contributed by atoms with Crippen LogP contribution in [-0.2, 0) is 23.2 Å². The maximum Gasteiger partial charge on any atom is 0.191 e. The van der Waals surface area contributed by atoms with Crippen LogP contribution in [0, 0.1) is 13.8 Å². The zero-order chi connectivity index (χ0) is 20.7.